The van der Waals surface area contributed by atoms with E-state index in [0.717, 1.165) is 35.6 Å². The molecule has 2 fully saturated rings. The van der Waals surface area contributed by atoms with Gasteiger partial charge in [0, 0.05) is 21.3 Å². The molecule has 3 aromatic carbocycles. The van der Waals surface area contributed by atoms with Crippen LogP contribution in [0, 0.1) is 0 Å². The van der Waals surface area contributed by atoms with Crippen molar-refractivity contribution in [3.8, 4) is 0 Å². The van der Waals surface area contributed by atoms with Crippen molar-refractivity contribution < 1.29 is 9.32 Å². The van der Waals surface area contributed by atoms with Gasteiger partial charge in [0.1, 0.15) is 0 Å². The van der Waals surface area contributed by atoms with Crippen molar-refractivity contribution in [3.63, 3.8) is 0 Å². The summed E-state index contributed by atoms with van der Waals surface area (Å²) >= 11 is 0. The normalized spacial score (nSPS) is 32.1. The van der Waals surface area contributed by atoms with E-state index in [9.17, 15) is 9.32 Å². The Labute approximate surface area is 150 Å². The van der Waals surface area contributed by atoms with Gasteiger partial charge in [-0.15, -0.1) is 0 Å². The number of hydrogen-bond acceptors (Lipinski definition) is 2. The molecule has 2 atom stereocenters. The fourth-order valence-electron chi connectivity index (χ4n) is 5.00. The lowest BCUT2D eigenvalue weighted by Crippen LogP contribution is -2.47. The molecule has 2 aliphatic rings. The summed E-state index contributed by atoms with van der Waals surface area (Å²) in [7, 11) is -0.784. The second-order valence-electron chi connectivity index (χ2n) is 7.64. The number of rotatable bonds is 1. The molecule has 0 amide bonds. The maximum atomic E-state index is 12.7. The van der Waals surface area contributed by atoms with Crippen LogP contribution < -0.4 is 0 Å². The van der Waals surface area contributed by atoms with Gasteiger partial charge in [-0.2, -0.15) is 0 Å². The van der Waals surface area contributed by atoms with E-state index >= 15 is 0 Å². The van der Waals surface area contributed by atoms with Gasteiger partial charge in [-0.1, -0.05) is 55.0 Å². The van der Waals surface area contributed by atoms with Crippen molar-refractivity contribution in [2.24, 2.45) is 0 Å². The van der Waals surface area contributed by atoms with Crippen molar-refractivity contribution in [3.05, 3.63) is 60.2 Å². The second kappa shape index (κ2) is 5.65. The van der Waals surface area contributed by atoms with Gasteiger partial charge in [0.15, 0.2) is 0 Å². The first-order chi connectivity index (χ1) is 12.2. The van der Waals surface area contributed by atoms with Gasteiger partial charge in [-0.3, -0.25) is 4.21 Å². The van der Waals surface area contributed by atoms with Crippen molar-refractivity contribution in [1.29, 1.82) is 0 Å². The highest BCUT2D eigenvalue weighted by molar-refractivity contribution is 7.86. The van der Waals surface area contributed by atoms with Crippen molar-refractivity contribution in [1.82, 2.24) is 0 Å². The van der Waals surface area contributed by atoms with E-state index in [1.165, 1.54) is 10.8 Å². The summed E-state index contributed by atoms with van der Waals surface area (Å²) in [4.78, 5) is 0. The maximum absolute atomic E-state index is 12.7. The minimum absolute atomic E-state index is 0.134. The van der Waals surface area contributed by atoms with Crippen LogP contribution in [0.4, 0.5) is 0 Å². The van der Waals surface area contributed by atoms with Crippen LogP contribution in [-0.2, 0) is 16.4 Å². The first-order valence-electron chi connectivity index (χ1n) is 9.18. The van der Waals surface area contributed by atoms with Crippen LogP contribution in [0.3, 0.4) is 0 Å². The van der Waals surface area contributed by atoms with Gasteiger partial charge in [0.2, 0.25) is 0 Å². The molecule has 2 unspecified atom stereocenters. The molecular formula is C22H22O2S. The molecule has 2 heterocycles. The van der Waals surface area contributed by atoms with E-state index in [0.29, 0.717) is 12.8 Å². The average molecular weight is 350 g/mol. The highest BCUT2D eigenvalue weighted by Crippen LogP contribution is 2.48. The van der Waals surface area contributed by atoms with Crippen molar-refractivity contribution in [2.45, 2.75) is 48.2 Å². The lowest BCUT2D eigenvalue weighted by atomic mass is 9.77. The molecule has 2 bridgehead atoms. The van der Waals surface area contributed by atoms with Crippen LogP contribution >= 0.6 is 0 Å². The Morgan fingerprint density at radius 3 is 1.96 bits per heavy atom. The van der Waals surface area contributed by atoms with Crippen LogP contribution in [0.1, 0.15) is 37.7 Å². The van der Waals surface area contributed by atoms with Gasteiger partial charge in [0.05, 0.1) is 5.60 Å². The summed E-state index contributed by atoms with van der Waals surface area (Å²) in [5.41, 5.74) is 0.166. The maximum Gasteiger partial charge on any atom is 0.0931 e. The molecule has 3 aromatic rings. The van der Waals surface area contributed by atoms with Gasteiger partial charge < -0.3 is 5.11 Å². The Bertz CT molecular complexity index is 924. The molecule has 0 aromatic heterocycles. The third kappa shape index (κ3) is 2.37. The van der Waals surface area contributed by atoms with Gasteiger partial charge in [-0.25, -0.2) is 0 Å². The van der Waals surface area contributed by atoms with Crippen LogP contribution in [0.5, 0.6) is 0 Å². The predicted molar refractivity (Wildman–Crippen MR) is 104 cm³/mol. The van der Waals surface area contributed by atoms with E-state index in [-0.39, 0.29) is 10.5 Å². The molecule has 1 N–H and O–H groups in total. The van der Waals surface area contributed by atoms with E-state index in [4.69, 9.17) is 0 Å². The van der Waals surface area contributed by atoms with E-state index in [2.05, 4.69) is 42.5 Å². The molecule has 128 valence electrons. The Kier molecular flexibility index (Phi) is 3.51. The lowest BCUT2D eigenvalue weighted by Gasteiger charge is -2.44. The number of benzene rings is 3. The summed E-state index contributed by atoms with van der Waals surface area (Å²) in [6, 6.07) is 18.9. The molecule has 2 nitrogen and oxygen atoms in total. The van der Waals surface area contributed by atoms with E-state index in [1.54, 1.807) is 0 Å². The van der Waals surface area contributed by atoms with E-state index in [1.807, 2.05) is 12.1 Å². The Morgan fingerprint density at radius 1 is 0.880 bits per heavy atom. The summed E-state index contributed by atoms with van der Waals surface area (Å²) in [6.45, 7) is 0. The summed E-state index contributed by atoms with van der Waals surface area (Å²) in [6.07, 6.45) is 4.35. The molecule has 0 aliphatic carbocycles. The third-order valence-corrected chi connectivity index (χ3v) is 8.20. The Morgan fingerprint density at radius 2 is 1.40 bits per heavy atom. The first kappa shape index (κ1) is 15.5. The molecular weight excluding hydrogens is 328 g/mol. The average Bonchev–Trinajstić information content (AvgIpc) is 2.61. The first-order valence-corrected chi connectivity index (χ1v) is 10.5. The summed E-state index contributed by atoms with van der Waals surface area (Å²) in [5.74, 6) is 0. The molecule has 2 saturated heterocycles. The summed E-state index contributed by atoms with van der Waals surface area (Å²) in [5, 5.41) is 16.7. The third-order valence-electron chi connectivity index (χ3n) is 6.08. The van der Waals surface area contributed by atoms with Crippen molar-refractivity contribution >= 4 is 32.3 Å². The topological polar surface area (TPSA) is 37.3 Å². The molecule has 25 heavy (non-hydrogen) atoms. The van der Waals surface area contributed by atoms with Crippen LogP contribution in [0.2, 0.25) is 0 Å². The van der Waals surface area contributed by atoms with Gasteiger partial charge >= 0.3 is 0 Å². The fraction of sp³-hybridized carbons (Fsp3) is 0.364. The lowest BCUT2D eigenvalue weighted by molar-refractivity contribution is 0.00929. The Hall–Kier alpha value is -1.71. The highest BCUT2D eigenvalue weighted by Gasteiger charge is 2.47. The van der Waals surface area contributed by atoms with E-state index < -0.39 is 16.4 Å². The Balaban J connectivity index is 1.79. The molecule has 5 rings (SSSR count). The standard InChI is InChI=1S/C22H22O2S/c23-22(13-17-8-5-9-18(14-22)25(17)24)21-19-10-3-1-6-15(19)12-16-7-2-4-11-20(16)21/h1-4,6-7,10-12,17-18,23H,5,8-9,13-14H2. The van der Waals surface area contributed by atoms with Crippen molar-refractivity contribution in [2.75, 3.05) is 0 Å². The largest absolute Gasteiger partial charge is 0.385 e. The van der Waals surface area contributed by atoms with Crippen LogP contribution in [0.15, 0.2) is 54.6 Å². The molecule has 0 saturated carbocycles. The monoisotopic (exact) mass is 350 g/mol. The molecule has 2 aliphatic heterocycles. The predicted octanol–water partition coefficient (Wildman–Crippen LogP) is 4.64. The number of fused-ring (bicyclic) bond motifs is 4. The van der Waals surface area contributed by atoms with Crippen LogP contribution in [-0.4, -0.2) is 19.8 Å². The van der Waals surface area contributed by atoms with Crippen LogP contribution in [0.25, 0.3) is 21.5 Å². The SMILES string of the molecule is O=S1C2CCCC1CC(O)(c1c3ccccc3cc3ccccc13)C2. The van der Waals surface area contributed by atoms with Gasteiger partial charge in [0.25, 0.3) is 0 Å². The smallest absolute Gasteiger partial charge is 0.0931 e. The zero-order chi connectivity index (χ0) is 17.0. The number of aliphatic hydroxyl groups is 1. The molecule has 3 heteroatoms. The molecule has 0 radical (unpaired) electrons. The minimum Gasteiger partial charge on any atom is -0.385 e. The quantitative estimate of drug-likeness (QED) is 0.649. The summed E-state index contributed by atoms with van der Waals surface area (Å²) < 4.78 is 12.7. The molecule has 0 spiro atoms. The fourth-order valence-corrected chi connectivity index (χ4v) is 7.22. The van der Waals surface area contributed by atoms with Gasteiger partial charge in [-0.05, 0) is 58.9 Å². The highest BCUT2D eigenvalue weighted by atomic mass is 32.2. The second-order valence-corrected chi connectivity index (χ2v) is 9.63. The minimum atomic E-state index is -0.885. The number of hydrogen-bond donors (Lipinski definition) is 1. The zero-order valence-electron chi connectivity index (χ0n) is 14.2. The zero-order valence-corrected chi connectivity index (χ0v) is 15.0.